The van der Waals surface area contributed by atoms with Crippen LogP contribution in [0, 0.1) is 17.0 Å². The van der Waals surface area contributed by atoms with Gasteiger partial charge in [0.25, 0.3) is 5.69 Å². The summed E-state index contributed by atoms with van der Waals surface area (Å²) in [5, 5.41) is 13.8. The van der Waals surface area contributed by atoms with Crippen molar-refractivity contribution in [1.82, 2.24) is 4.31 Å². The first-order chi connectivity index (χ1) is 9.82. The van der Waals surface area contributed by atoms with E-state index in [1.165, 1.54) is 10.4 Å². The Balaban J connectivity index is 2.57. The monoisotopic (exact) mass is 313 g/mol. The summed E-state index contributed by atoms with van der Waals surface area (Å²) in [6.45, 7) is 3.80. The van der Waals surface area contributed by atoms with E-state index < -0.39 is 14.9 Å². The van der Waals surface area contributed by atoms with E-state index in [2.05, 4.69) is 5.32 Å². The van der Waals surface area contributed by atoms with Gasteiger partial charge in [-0.3, -0.25) is 10.1 Å². The van der Waals surface area contributed by atoms with Crippen molar-refractivity contribution in [3.63, 3.8) is 0 Å². The lowest BCUT2D eigenvalue weighted by Gasteiger charge is -2.21. The molecule has 0 atom stereocenters. The van der Waals surface area contributed by atoms with E-state index in [0.717, 1.165) is 18.9 Å². The number of rotatable bonds is 6. The minimum atomic E-state index is -3.70. The summed E-state index contributed by atoms with van der Waals surface area (Å²) in [6.07, 6.45) is 1.70. The molecule has 1 N–H and O–H groups in total. The van der Waals surface area contributed by atoms with Gasteiger partial charge in [0.2, 0.25) is 10.0 Å². The molecule has 8 heteroatoms. The van der Waals surface area contributed by atoms with E-state index in [0.29, 0.717) is 17.8 Å². The van der Waals surface area contributed by atoms with Gasteiger partial charge < -0.3 is 5.32 Å². The molecule has 0 heterocycles. The van der Waals surface area contributed by atoms with Gasteiger partial charge in [0.1, 0.15) is 5.69 Å². The van der Waals surface area contributed by atoms with Crippen LogP contribution in [0.15, 0.2) is 17.0 Å². The normalized spacial score (nSPS) is 15.2. The van der Waals surface area contributed by atoms with Gasteiger partial charge in [-0.05, 0) is 31.4 Å². The van der Waals surface area contributed by atoms with Crippen molar-refractivity contribution in [2.24, 2.45) is 0 Å². The second kappa shape index (κ2) is 5.61. The summed E-state index contributed by atoms with van der Waals surface area (Å²) in [5.74, 6) is 0. The summed E-state index contributed by atoms with van der Waals surface area (Å²) >= 11 is 0. The lowest BCUT2D eigenvalue weighted by Crippen LogP contribution is -2.33. The summed E-state index contributed by atoms with van der Waals surface area (Å²) < 4.78 is 26.9. The second-order valence-electron chi connectivity index (χ2n) is 5.08. The number of aryl methyl sites for hydroxylation is 1. The Morgan fingerprint density at radius 2 is 2.05 bits per heavy atom. The van der Waals surface area contributed by atoms with Crippen molar-refractivity contribution in [1.29, 1.82) is 0 Å². The zero-order chi connectivity index (χ0) is 15.8. The largest absolute Gasteiger partial charge is 0.383 e. The van der Waals surface area contributed by atoms with Crippen LogP contribution in [0.5, 0.6) is 0 Å². The third-order valence-electron chi connectivity index (χ3n) is 3.61. The molecule has 116 valence electrons. The fourth-order valence-corrected chi connectivity index (χ4v) is 4.34. The fourth-order valence-electron chi connectivity index (χ4n) is 2.42. The third kappa shape index (κ3) is 2.86. The quantitative estimate of drug-likeness (QED) is 0.641. The molecule has 2 rings (SSSR count). The lowest BCUT2D eigenvalue weighted by molar-refractivity contribution is -0.384. The summed E-state index contributed by atoms with van der Waals surface area (Å²) in [5.41, 5.74) is 0.587. The highest BCUT2D eigenvalue weighted by Gasteiger charge is 2.38. The van der Waals surface area contributed by atoms with E-state index >= 15 is 0 Å². The summed E-state index contributed by atoms with van der Waals surface area (Å²) in [4.78, 5) is 10.6. The lowest BCUT2D eigenvalue weighted by atomic mass is 10.2. The Labute approximate surface area is 124 Å². The molecule has 21 heavy (non-hydrogen) atoms. The van der Waals surface area contributed by atoms with E-state index in [9.17, 15) is 18.5 Å². The zero-order valence-electron chi connectivity index (χ0n) is 12.3. The number of nitro benzene ring substituents is 1. The topological polar surface area (TPSA) is 92.5 Å². The first-order valence-corrected chi connectivity index (χ1v) is 8.25. The predicted molar refractivity (Wildman–Crippen MR) is 80.0 cm³/mol. The highest BCUT2D eigenvalue weighted by atomic mass is 32.2. The minimum Gasteiger partial charge on any atom is -0.383 e. The van der Waals surface area contributed by atoms with Crippen LogP contribution in [0.25, 0.3) is 0 Å². The zero-order valence-corrected chi connectivity index (χ0v) is 13.1. The predicted octanol–water partition coefficient (Wildman–Crippen LogP) is 2.12. The number of benzene rings is 1. The van der Waals surface area contributed by atoms with Crippen LogP contribution in [0.1, 0.15) is 25.3 Å². The van der Waals surface area contributed by atoms with Gasteiger partial charge in [-0.1, -0.05) is 6.92 Å². The van der Waals surface area contributed by atoms with Crippen molar-refractivity contribution < 1.29 is 13.3 Å². The molecular formula is C13H19N3O4S. The molecule has 0 bridgehead atoms. The molecule has 0 aliphatic heterocycles. The van der Waals surface area contributed by atoms with Gasteiger partial charge in [0, 0.05) is 25.7 Å². The van der Waals surface area contributed by atoms with E-state index in [-0.39, 0.29) is 16.6 Å². The molecular weight excluding hydrogens is 294 g/mol. The van der Waals surface area contributed by atoms with Crippen LogP contribution < -0.4 is 5.32 Å². The maximum Gasteiger partial charge on any atom is 0.293 e. The van der Waals surface area contributed by atoms with Crippen LogP contribution >= 0.6 is 0 Å². The van der Waals surface area contributed by atoms with Crippen LogP contribution in [-0.2, 0) is 10.0 Å². The molecule has 1 aliphatic rings. The first kappa shape index (κ1) is 15.7. The van der Waals surface area contributed by atoms with E-state index in [4.69, 9.17) is 0 Å². The van der Waals surface area contributed by atoms with Crippen molar-refractivity contribution in [2.45, 2.75) is 37.6 Å². The molecule has 0 unspecified atom stereocenters. The van der Waals surface area contributed by atoms with Crippen molar-refractivity contribution >= 4 is 21.4 Å². The standard InChI is InChI=1S/C13H19N3O4S/c1-4-15(10-5-6-10)21(19,20)13-8-12(16(17)18)11(14-3)7-9(13)2/h7-8,10,14H,4-6H2,1-3H3. The molecule has 1 aromatic carbocycles. The SMILES string of the molecule is CCN(C1CC1)S(=O)(=O)c1cc([N+](=O)[O-])c(NC)cc1C. The van der Waals surface area contributed by atoms with E-state index in [1.807, 2.05) is 0 Å². The molecule has 0 amide bonds. The Morgan fingerprint density at radius 3 is 2.48 bits per heavy atom. The number of anilines is 1. The van der Waals surface area contributed by atoms with Gasteiger partial charge in [0.05, 0.1) is 9.82 Å². The Morgan fingerprint density at radius 1 is 1.43 bits per heavy atom. The van der Waals surface area contributed by atoms with Crippen molar-refractivity contribution in [3.05, 3.63) is 27.8 Å². The van der Waals surface area contributed by atoms with Crippen LogP contribution in [0.4, 0.5) is 11.4 Å². The average molecular weight is 313 g/mol. The maximum absolute atomic E-state index is 12.7. The summed E-state index contributed by atoms with van der Waals surface area (Å²) in [7, 11) is -2.13. The number of nitrogens with zero attached hydrogens (tertiary/aromatic N) is 2. The van der Waals surface area contributed by atoms with Crippen LogP contribution in [0.2, 0.25) is 0 Å². The Kier molecular flexibility index (Phi) is 4.20. The number of hydrogen-bond acceptors (Lipinski definition) is 5. The number of hydrogen-bond donors (Lipinski definition) is 1. The van der Waals surface area contributed by atoms with Gasteiger partial charge in [0.15, 0.2) is 0 Å². The molecule has 1 fully saturated rings. The first-order valence-electron chi connectivity index (χ1n) is 6.81. The average Bonchev–Trinajstić information content (AvgIpc) is 3.22. The third-order valence-corrected chi connectivity index (χ3v) is 5.78. The maximum atomic E-state index is 12.7. The highest BCUT2D eigenvalue weighted by molar-refractivity contribution is 7.89. The number of nitro groups is 1. The number of sulfonamides is 1. The summed E-state index contributed by atoms with van der Waals surface area (Å²) in [6, 6.07) is 2.69. The Hall–Kier alpha value is -1.67. The minimum absolute atomic E-state index is 0.0157. The smallest absolute Gasteiger partial charge is 0.293 e. The van der Waals surface area contributed by atoms with Crippen molar-refractivity contribution in [3.8, 4) is 0 Å². The van der Waals surface area contributed by atoms with Gasteiger partial charge in [-0.25, -0.2) is 8.42 Å². The molecule has 0 spiro atoms. The molecule has 1 aromatic rings. The molecule has 0 saturated heterocycles. The highest BCUT2D eigenvalue weighted by Crippen LogP contribution is 2.36. The van der Waals surface area contributed by atoms with Gasteiger partial charge in [-0.2, -0.15) is 4.31 Å². The van der Waals surface area contributed by atoms with Gasteiger partial charge >= 0.3 is 0 Å². The van der Waals surface area contributed by atoms with Crippen LogP contribution in [0.3, 0.4) is 0 Å². The van der Waals surface area contributed by atoms with Gasteiger partial charge in [-0.15, -0.1) is 0 Å². The van der Waals surface area contributed by atoms with E-state index in [1.54, 1.807) is 20.9 Å². The van der Waals surface area contributed by atoms with Crippen molar-refractivity contribution in [2.75, 3.05) is 18.9 Å². The Bertz CT molecular complexity index is 668. The molecule has 1 saturated carbocycles. The molecule has 7 nitrogen and oxygen atoms in total. The second-order valence-corrected chi connectivity index (χ2v) is 6.94. The van der Waals surface area contributed by atoms with Crippen LogP contribution in [-0.4, -0.2) is 37.3 Å². The molecule has 1 aliphatic carbocycles. The fraction of sp³-hybridized carbons (Fsp3) is 0.538. The number of nitrogens with one attached hydrogen (secondary N) is 1. The molecule has 0 aromatic heterocycles. The molecule has 0 radical (unpaired) electrons.